The Morgan fingerprint density at radius 3 is 2.59 bits per heavy atom. The minimum atomic E-state index is -5.13. The number of hydrogen-bond donors (Lipinski definition) is 1. The molecule has 3 saturated heterocycles. The average Bonchev–Trinajstić information content (AvgIpc) is 3.69. The molecule has 3 aliphatic rings. The van der Waals surface area contributed by atoms with E-state index in [1.165, 1.54) is 0 Å². The maximum absolute atomic E-state index is 16.6. The molecule has 44 heavy (non-hydrogen) atoms. The normalized spacial score (nSPS) is 23.7. The molecule has 0 amide bonds. The van der Waals surface area contributed by atoms with Gasteiger partial charge in [-0.25, -0.2) is 26.9 Å². The number of nitrogen functional groups attached to an aromatic ring is 1. The van der Waals surface area contributed by atoms with E-state index in [9.17, 15) is 30.7 Å². The van der Waals surface area contributed by atoms with Gasteiger partial charge in [-0.1, -0.05) is 11.3 Å². The number of rotatable bonds is 5. The standard InChI is InChI=1S/C28H24F8N6OS/c29-13-9-26(4-1-6-42(26)10-13)12-43-25-39-20-15(23(40-25)41-7-5-27(32,33)11-41)8-16(28(34,35)36)18(19(20)31)14-2-3-17(30)22-21(14)38-24(37)44-22/h2-3,8,13H,1,4-7,9-12H2,(H2,37,38)/t13-,26+/m1/s1. The van der Waals surface area contributed by atoms with Gasteiger partial charge in [0, 0.05) is 42.4 Å². The van der Waals surface area contributed by atoms with E-state index < -0.39 is 76.4 Å². The van der Waals surface area contributed by atoms with Crippen LogP contribution in [0.25, 0.3) is 32.2 Å². The fourth-order valence-electron chi connectivity index (χ4n) is 6.74. The van der Waals surface area contributed by atoms with E-state index in [2.05, 4.69) is 15.0 Å². The molecule has 0 saturated carbocycles. The molecule has 0 bridgehead atoms. The van der Waals surface area contributed by atoms with Gasteiger partial charge in [0.1, 0.15) is 29.9 Å². The second-order valence-corrected chi connectivity index (χ2v) is 12.6. The van der Waals surface area contributed by atoms with Crippen LogP contribution in [0.3, 0.4) is 0 Å². The van der Waals surface area contributed by atoms with E-state index in [1.807, 2.05) is 4.90 Å². The Morgan fingerprint density at radius 1 is 1.07 bits per heavy atom. The molecule has 0 radical (unpaired) electrons. The lowest BCUT2D eigenvalue weighted by Gasteiger charge is -2.31. The van der Waals surface area contributed by atoms with Crippen LogP contribution in [-0.2, 0) is 6.18 Å². The zero-order chi connectivity index (χ0) is 31.2. The number of aromatic nitrogens is 3. The molecular weight excluding hydrogens is 620 g/mol. The largest absolute Gasteiger partial charge is 0.461 e. The summed E-state index contributed by atoms with van der Waals surface area (Å²) in [6.07, 6.45) is -5.19. The van der Waals surface area contributed by atoms with Crippen molar-refractivity contribution in [2.75, 3.05) is 43.4 Å². The molecule has 16 heteroatoms. The van der Waals surface area contributed by atoms with Crippen LogP contribution >= 0.6 is 11.3 Å². The summed E-state index contributed by atoms with van der Waals surface area (Å²) in [5, 5.41) is -0.593. The Labute approximate surface area is 248 Å². The number of anilines is 2. The highest BCUT2D eigenvalue weighted by atomic mass is 32.1. The van der Waals surface area contributed by atoms with Crippen molar-refractivity contribution < 1.29 is 39.9 Å². The lowest BCUT2D eigenvalue weighted by atomic mass is 9.95. The number of alkyl halides is 6. The zero-order valence-electron chi connectivity index (χ0n) is 22.8. The van der Waals surface area contributed by atoms with Crippen molar-refractivity contribution in [3.8, 4) is 17.1 Å². The minimum Gasteiger partial charge on any atom is -0.461 e. The van der Waals surface area contributed by atoms with E-state index in [4.69, 9.17) is 10.5 Å². The van der Waals surface area contributed by atoms with Gasteiger partial charge in [-0.2, -0.15) is 23.1 Å². The fraction of sp³-hybridized carbons (Fsp3) is 0.464. The van der Waals surface area contributed by atoms with Crippen molar-refractivity contribution >= 4 is 43.4 Å². The molecule has 0 unspecified atom stereocenters. The first-order valence-electron chi connectivity index (χ1n) is 13.9. The maximum atomic E-state index is 16.6. The average molecular weight is 645 g/mol. The second-order valence-electron chi connectivity index (χ2n) is 11.6. The maximum Gasteiger partial charge on any atom is 0.417 e. The van der Waals surface area contributed by atoms with Gasteiger partial charge < -0.3 is 15.4 Å². The summed E-state index contributed by atoms with van der Waals surface area (Å²) in [6.45, 7) is -0.327. The summed E-state index contributed by atoms with van der Waals surface area (Å²) < 4.78 is 123. The molecule has 7 nitrogen and oxygen atoms in total. The van der Waals surface area contributed by atoms with Gasteiger partial charge in [-0.15, -0.1) is 0 Å². The summed E-state index contributed by atoms with van der Waals surface area (Å²) in [5.41, 5.74) is 1.38. The number of fused-ring (bicyclic) bond motifs is 3. The van der Waals surface area contributed by atoms with Crippen molar-refractivity contribution in [3.63, 3.8) is 0 Å². The quantitative estimate of drug-likeness (QED) is 0.246. The monoisotopic (exact) mass is 644 g/mol. The minimum absolute atomic E-state index is 0.0830. The van der Waals surface area contributed by atoms with Crippen molar-refractivity contribution in [1.82, 2.24) is 19.9 Å². The third kappa shape index (κ3) is 4.76. The number of halogens is 8. The number of benzene rings is 2. The Hall–Kier alpha value is -3.53. The molecule has 0 spiro atoms. The highest BCUT2D eigenvalue weighted by Gasteiger charge is 2.49. The van der Waals surface area contributed by atoms with Crippen LogP contribution in [0.15, 0.2) is 18.2 Å². The molecule has 2 aromatic carbocycles. The Balaban J connectivity index is 1.43. The molecule has 2 atom stereocenters. The molecule has 234 valence electrons. The van der Waals surface area contributed by atoms with Crippen LogP contribution in [0.2, 0.25) is 0 Å². The van der Waals surface area contributed by atoms with Crippen LogP contribution < -0.4 is 15.4 Å². The molecule has 2 aromatic heterocycles. The van der Waals surface area contributed by atoms with Gasteiger partial charge in [0.15, 0.2) is 10.9 Å². The zero-order valence-corrected chi connectivity index (χ0v) is 23.6. The first-order chi connectivity index (χ1) is 20.7. The van der Waals surface area contributed by atoms with Crippen LogP contribution in [0.4, 0.5) is 46.1 Å². The van der Waals surface area contributed by atoms with Gasteiger partial charge in [0.2, 0.25) is 0 Å². The highest BCUT2D eigenvalue weighted by molar-refractivity contribution is 7.22. The first-order valence-corrected chi connectivity index (χ1v) is 14.7. The summed E-state index contributed by atoms with van der Waals surface area (Å²) >= 11 is 0.692. The summed E-state index contributed by atoms with van der Waals surface area (Å²) in [6, 6.07) is 2.02. The SMILES string of the molecule is Nc1nc2c(-c3c(C(F)(F)F)cc4c(N5CCC(F)(F)C5)nc(OC[C@@]56CCCN5C[C@H](F)C6)nc4c3F)ccc(F)c2s1. The Morgan fingerprint density at radius 2 is 1.86 bits per heavy atom. The Bertz CT molecular complexity index is 1800. The van der Waals surface area contributed by atoms with E-state index in [0.29, 0.717) is 30.4 Å². The molecule has 5 heterocycles. The summed E-state index contributed by atoms with van der Waals surface area (Å²) in [7, 11) is 0. The summed E-state index contributed by atoms with van der Waals surface area (Å²) in [4.78, 5) is 15.3. The van der Waals surface area contributed by atoms with E-state index in [-0.39, 0.29) is 52.8 Å². The van der Waals surface area contributed by atoms with Gasteiger partial charge in [-0.05, 0) is 37.6 Å². The predicted octanol–water partition coefficient (Wildman–Crippen LogP) is 6.59. The van der Waals surface area contributed by atoms with Gasteiger partial charge in [0.05, 0.1) is 27.9 Å². The molecule has 2 N–H and O–H groups in total. The third-order valence-corrected chi connectivity index (χ3v) is 9.57. The number of hydrogen-bond acceptors (Lipinski definition) is 8. The van der Waals surface area contributed by atoms with Crippen molar-refractivity contribution in [2.45, 2.75) is 49.5 Å². The first kappa shape index (κ1) is 29.2. The lowest BCUT2D eigenvalue weighted by Crippen LogP contribution is -2.43. The van der Waals surface area contributed by atoms with Crippen molar-refractivity contribution in [1.29, 1.82) is 0 Å². The second kappa shape index (κ2) is 9.99. The van der Waals surface area contributed by atoms with Crippen LogP contribution in [-0.4, -0.2) is 70.3 Å². The smallest absolute Gasteiger partial charge is 0.417 e. The molecule has 4 aromatic rings. The molecular formula is C28H24F8N6OS. The number of thiazole rings is 1. The molecule has 3 aliphatic heterocycles. The van der Waals surface area contributed by atoms with Crippen LogP contribution in [0.5, 0.6) is 6.01 Å². The number of ether oxygens (including phenoxy) is 1. The van der Waals surface area contributed by atoms with Crippen LogP contribution in [0, 0.1) is 11.6 Å². The van der Waals surface area contributed by atoms with E-state index in [0.717, 1.165) is 23.5 Å². The Kier molecular flexibility index (Phi) is 6.63. The fourth-order valence-corrected chi connectivity index (χ4v) is 7.51. The highest BCUT2D eigenvalue weighted by Crippen LogP contribution is 2.47. The molecule has 0 aliphatic carbocycles. The van der Waals surface area contributed by atoms with Crippen molar-refractivity contribution in [3.05, 3.63) is 35.4 Å². The van der Waals surface area contributed by atoms with Gasteiger partial charge in [0.25, 0.3) is 5.92 Å². The molecule has 7 rings (SSSR count). The number of nitrogens with two attached hydrogens (primary N) is 1. The third-order valence-electron chi connectivity index (χ3n) is 8.68. The van der Waals surface area contributed by atoms with Gasteiger partial charge in [-0.3, -0.25) is 4.90 Å². The van der Waals surface area contributed by atoms with E-state index >= 15 is 4.39 Å². The number of nitrogens with zero attached hydrogens (tertiary/aromatic N) is 5. The summed E-state index contributed by atoms with van der Waals surface area (Å²) in [5.74, 6) is -5.75. The predicted molar refractivity (Wildman–Crippen MR) is 148 cm³/mol. The lowest BCUT2D eigenvalue weighted by molar-refractivity contribution is -0.137. The van der Waals surface area contributed by atoms with Crippen molar-refractivity contribution in [2.24, 2.45) is 0 Å². The van der Waals surface area contributed by atoms with Gasteiger partial charge >= 0.3 is 12.2 Å². The molecule has 3 fully saturated rings. The van der Waals surface area contributed by atoms with E-state index in [1.54, 1.807) is 0 Å². The van der Waals surface area contributed by atoms with Crippen LogP contribution in [0.1, 0.15) is 31.2 Å². The topological polar surface area (TPSA) is 80.4 Å².